The quantitative estimate of drug-likeness (QED) is 0.575. The van der Waals surface area contributed by atoms with Crippen LogP contribution in [-0.2, 0) is 13.1 Å². The standard InChI is InChI=1S/C25H34N2O2S/c1-28-23-14-10-20(11-15-23)18-27(19-21-12-16-24(29-2)17-13-21)25(30)26-22-8-6-4-3-5-7-9-22/h10-17,22H,3-9,18-19H2,1-2H3,(H,26,30). The first-order valence-electron chi connectivity index (χ1n) is 11.0. The Hall–Kier alpha value is -2.27. The van der Waals surface area contributed by atoms with E-state index in [0.29, 0.717) is 6.04 Å². The fourth-order valence-electron chi connectivity index (χ4n) is 3.97. The fraction of sp³-hybridized carbons (Fsp3) is 0.480. The molecule has 0 aliphatic heterocycles. The average Bonchev–Trinajstić information content (AvgIpc) is 2.76. The summed E-state index contributed by atoms with van der Waals surface area (Å²) in [6.45, 7) is 1.52. The molecule has 1 N–H and O–H groups in total. The lowest BCUT2D eigenvalue weighted by Crippen LogP contribution is -2.44. The summed E-state index contributed by atoms with van der Waals surface area (Å²) in [4.78, 5) is 2.26. The fourth-order valence-corrected chi connectivity index (χ4v) is 4.26. The first-order chi connectivity index (χ1) is 14.7. The van der Waals surface area contributed by atoms with Crippen LogP contribution in [0, 0.1) is 0 Å². The third kappa shape index (κ3) is 6.91. The van der Waals surface area contributed by atoms with Crippen LogP contribution < -0.4 is 14.8 Å². The number of methoxy groups -OCH3 is 2. The maximum absolute atomic E-state index is 5.90. The van der Waals surface area contributed by atoms with E-state index < -0.39 is 0 Å². The predicted octanol–water partition coefficient (Wildman–Crippen LogP) is 5.69. The second-order valence-electron chi connectivity index (χ2n) is 8.04. The Bertz CT molecular complexity index is 719. The Morgan fingerprint density at radius 3 is 1.67 bits per heavy atom. The van der Waals surface area contributed by atoms with Crippen LogP contribution in [0.2, 0.25) is 0 Å². The highest BCUT2D eigenvalue weighted by atomic mass is 32.1. The van der Waals surface area contributed by atoms with Crippen molar-refractivity contribution in [2.45, 2.75) is 64.1 Å². The number of rotatable bonds is 7. The topological polar surface area (TPSA) is 33.7 Å². The molecule has 0 radical (unpaired) electrons. The van der Waals surface area contributed by atoms with Gasteiger partial charge in [0.1, 0.15) is 11.5 Å². The van der Waals surface area contributed by atoms with E-state index in [0.717, 1.165) is 29.7 Å². The molecule has 0 spiro atoms. The molecule has 0 saturated heterocycles. The Balaban J connectivity index is 1.71. The van der Waals surface area contributed by atoms with Gasteiger partial charge in [0.2, 0.25) is 0 Å². The molecule has 3 rings (SSSR count). The molecule has 1 saturated carbocycles. The summed E-state index contributed by atoms with van der Waals surface area (Å²) in [5, 5.41) is 4.52. The second-order valence-corrected chi connectivity index (χ2v) is 8.43. The van der Waals surface area contributed by atoms with Gasteiger partial charge in [-0.2, -0.15) is 0 Å². The van der Waals surface area contributed by atoms with Crippen LogP contribution >= 0.6 is 12.2 Å². The number of nitrogens with zero attached hydrogens (tertiary/aromatic N) is 1. The van der Waals surface area contributed by atoms with Gasteiger partial charge in [-0.1, -0.05) is 56.4 Å². The van der Waals surface area contributed by atoms with Gasteiger partial charge >= 0.3 is 0 Å². The maximum atomic E-state index is 5.90. The van der Waals surface area contributed by atoms with Crippen molar-refractivity contribution < 1.29 is 9.47 Å². The van der Waals surface area contributed by atoms with Crippen LogP contribution in [0.1, 0.15) is 56.1 Å². The van der Waals surface area contributed by atoms with Gasteiger partial charge in [0.05, 0.1) is 14.2 Å². The minimum absolute atomic E-state index is 0.479. The van der Waals surface area contributed by atoms with E-state index in [9.17, 15) is 0 Å². The first-order valence-corrected chi connectivity index (χ1v) is 11.4. The van der Waals surface area contributed by atoms with E-state index in [1.165, 1.54) is 56.1 Å². The molecule has 1 fully saturated rings. The minimum atomic E-state index is 0.479. The molecule has 0 aromatic heterocycles. The highest BCUT2D eigenvalue weighted by Crippen LogP contribution is 2.20. The van der Waals surface area contributed by atoms with Crippen LogP contribution in [0.25, 0.3) is 0 Å². The molecular formula is C25H34N2O2S. The molecule has 4 nitrogen and oxygen atoms in total. The highest BCUT2D eigenvalue weighted by Gasteiger charge is 2.17. The van der Waals surface area contributed by atoms with E-state index >= 15 is 0 Å². The van der Waals surface area contributed by atoms with Crippen LogP contribution in [0.3, 0.4) is 0 Å². The minimum Gasteiger partial charge on any atom is -0.497 e. The normalized spacial score (nSPS) is 15.0. The Morgan fingerprint density at radius 1 is 0.800 bits per heavy atom. The largest absolute Gasteiger partial charge is 0.497 e. The average molecular weight is 427 g/mol. The lowest BCUT2D eigenvalue weighted by molar-refractivity contribution is 0.369. The van der Waals surface area contributed by atoms with E-state index in [2.05, 4.69) is 34.5 Å². The van der Waals surface area contributed by atoms with Crippen molar-refractivity contribution >= 4 is 17.3 Å². The zero-order chi connectivity index (χ0) is 21.2. The van der Waals surface area contributed by atoms with E-state index in [1.807, 2.05) is 24.3 Å². The molecule has 162 valence electrons. The lowest BCUT2D eigenvalue weighted by Gasteiger charge is -2.30. The molecular weight excluding hydrogens is 392 g/mol. The summed E-state index contributed by atoms with van der Waals surface area (Å²) in [5.41, 5.74) is 2.43. The summed E-state index contributed by atoms with van der Waals surface area (Å²) in [6.07, 6.45) is 9.05. The molecule has 0 heterocycles. The van der Waals surface area contributed by atoms with Gasteiger partial charge in [0, 0.05) is 19.1 Å². The number of ether oxygens (including phenoxy) is 2. The van der Waals surface area contributed by atoms with Crippen LogP contribution in [-0.4, -0.2) is 30.3 Å². The van der Waals surface area contributed by atoms with Crippen LogP contribution in [0.15, 0.2) is 48.5 Å². The second kappa shape index (κ2) is 11.8. The number of nitrogens with one attached hydrogen (secondary N) is 1. The SMILES string of the molecule is COc1ccc(CN(Cc2ccc(OC)cc2)C(=S)NC2CCCCCCC2)cc1. The monoisotopic (exact) mass is 426 g/mol. The Labute approximate surface area is 186 Å². The lowest BCUT2D eigenvalue weighted by atomic mass is 9.97. The van der Waals surface area contributed by atoms with Gasteiger partial charge in [0.25, 0.3) is 0 Å². The van der Waals surface area contributed by atoms with Crippen molar-refractivity contribution in [1.29, 1.82) is 0 Å². The third-order valence-corrected chi connectivity index (χ3v) is 6.16. The molecule has 0 bridgehead atoms. The van der Waals surface area contributed by atoms with E-state index in [-0.39, 0.29) is 0 Å². The zero-order valence-electron chi connectivity index (χ0n) is 18.2. The molecule has 0 unspecified atom stereocenters. The molecule has 2 aromatic rings. The summed E-state index contributed by atoms with van der Waals surface area (Å²) in [5.74, 6) is 1.74. The third-order valence-electron chi connectivity index (χ3n) is 5.78. The van der Waals surface area contributed by atoms with Gasteiger partial charge in [-0.25, -0.2) is 0 Å². The Kier molecular flexibility index (Phi) is 8.81. The maximum Gasteiger partial charge on any atom is 0.169 e. The van der Waals surface area contributed by atoms with Crippen molar-refractivity contribution in [3.05, 3.63) is 59.7 Å². The van der Waals surface area contributed by atoms with E-state index in [4.69, 9.17) is 21.7 Å². The van der Waals surface area contributed by atoms with Gasteiger partial charge < -0.3 is 19.7 Å². The summed E-state index contributed by atoms with van der Waals surface area (Å²) in [6, 6.07) is 16.9. The van der Waals surface area contributed by atoms with Gasteiger partial charge in [-0.15, -0.1) is 0 Å². The number of hydrogen-bond acceptors (Lipinski definition) is 3. The van der Waals surface area contributed by atoms with Crippen molar-refractivity contribution in [1.82, 2.24) is 10.2 Å². The van der Waals surface area contributed by atoms with Crippen LogP contribution in [0.4, 0.5) is 0 Å². The molecule has 2 aromatic carbocycles. The number of hydrogen-bond donors (Lipinski definition) is 1. The van der Waals surface area contributed by atoms with Crippen molar-refractivity contribution in [2.24, 2.45) is 0 Å². The molecule has 1 aliphatic carbocycles. The van der Waals surface area contributed by atoms with Crippen molar-refractivity contribution in [2.75, 3.05) is 14.2 Å². The number of benzene rings is 2. The molecule has 5 heteroatoms. The van der Waals surface area contributed by atoms with Gasteiger partial charge in [-0.3, -0.25) is 0 Å². The van der Waals surface area contributed by atoms with Gasteiger partial charge in [-0.05, 0) is 60.5 Å². The summed E-state index contributed by atoms with van der Waals surface area (Å²) < 4.78 is 10.6. The summed E-state index contributed by atoms with van der Waals surface area (Å²) >= 11 is 5.90. The Morgan fingerprint density at radius 2 is 1.23 bits per heavy atom. The smallest absolute Gasteiger partial charge is 0.169 e. The van der Waals surface area contributed by atoms with E-state index in [1.54, 1.807) is 14.2 Å². The molecule has 0 atom stereocenters. The molecule has 0 amide bonds. The van der Waals surface area contributed by atoms with Crippen molar-refractivity contribution in [3.63, 3.8) is 0 Å². The zero-order valence-corrected chi connectivity index (χ0v) is 19.0. The highest BCUT2D eigenvalue weighted by molar-refractivity contribution is 7.80. The predicted molar refractivity (Wildman–Crippen MR) is 127 cm³/mol. The molecule has 1 aliphatic rings. The number of thiocarbonyl (C=S) groups is 1. The first kappa shape index (κ1) is 22.4. The van der Waals surface area contributed by atoms with Crippen molar-refractivity contribution in [3.8, 4) is 11.5 Å². The summed E-state index contributed by atoms with van der Waals surface area (Å²) in [7, 11) is 3.39. The van der Waals surface area contributed by atoms with Gasteiger partial charge in [0.15, 0.2) is 5.11 Å². The van der Waals surface area contributed by atoms with Crippen LogP contribution in [0.5, 0.6) is 11.5 Å². The molecule has 30 heavy (non-hydrogen) atoms.